The summed E-state index contributed by atoms with van der Waals surface area (Å²) in [7, 11) is 0. The predicted molar refractivity (Wildman–Crippen MR) is 65.6 cm³/mol. The standard InChI is InChI=1S/C12H11BrClFO/c13-9(12(16)8-2-3-8)5-7-1-4-10(14)11(15)6-7/h1,4,6,8-9H,2-3,5H2. The molecule has 1 aliphatic carbocycles. The van der Waals surface area contributed by atoms with Crippen molar-refractivity contribution < 1.29 is 9.18 Å². The van der Waals surface area contributed by atoms with Gasteiger partial charge in [-0.3, -0.25) is 4.79 Å². The first-order valence-electron chi connectivity index (χ1n) is 5.19. The Labute approximate surface area is 107 Å². The molecule has 0 radical (unpaired) electrons. The number of carbonyl (C=O) groups excluding carboxylic acids is 1. The summed E-state index contributed by atoms with van der Waals surface area (Å²) in [6.07, 6.45) is 2.51. The fourth-order valence-electron chi connectivity index (χ4n) is 1.60. The van der Waals surface area contributed by atoms with Crippen molar-refractivity contribution in [3.05, 3.63) is 34.6 Å². The third-order valence-corrected chi connectivity index (χ3v) is 3.77. The predicted octanol–water partition coefficient (Wildman–Crippen LogP) is 3.76. The average Bonchev–Trinajstić information content (AvgIpc) is 3.06. The minimum Gasteiger partial charge on any atom is -0.298 e. The van der Waals surface area contributed by atoms with Crippen LogP contribution in [0.4, 0.5) is 4.39 Å². The second-order valence-corrected chi connectivity index (χ2v) is 5.61. The molecule has 1 nitrogen and oxygen atoms in total. The van der Waals surface area contributed by atoms with E-state index in [0.29, 0.717) is 6.42 Å². The van der Waals surface area contributed by atoms with Gasteiger partial charge in [0.15, 0.2) is 0 Å². The molecule has 1 unspecified atom stereocenters. The SMILES string of the molecule is O=C(C(Br)Cc1ccc(Cl)c(F)c1)C1CC1. The minimum atomic E-state index is -0.433. The third-order valence-electron chi connectivity index (χ3n) is 2.69. The Kier molecular flexibility index (Phi) is 3.65. The summed E-state index contributed by atoms with van der Waals surface area (Å²) >= 11 is 8.95. The maximum absolute atomic E-state index is 13.2. The van der Waals surface area contributed by atoms with Gasteiger partial charge in [0, 0.05) is 5.92 Å². The smallest absolute Gasteiger partial charge is 0.149 e. The Morgan fingerprint density at radius 2 is 2.25 bits per heavy atom. The Hall–Kier alpha value is -0.410. The summed E-state index contributed by atoms with van der Waals surface area (Å²) in [6.45, 7) is 0. The number of hydrogen-bond acceptors (Lipinski definition) is 1. The van der Waals surface area contributed by atoms with Crippen molar-refractivity contribution >= 4 is 33.3 Å². The van der Waals surface area contributed by atoms with Gasteiger partial charge < -0.3 is 0 Å². The lowest BCUT2D eigenvalue weighted by Crippen LogP contribution is -2.18. The van der Waals surface area contributed by atoms with Gasteiger partial charge in [-0.25, -0.2) is 4.39 Å². The van der Waals surface area contributed by atoms with E-state index in [2.05, 4.69) is 15.9 Å². The molecule has 1 aromatic rings. The van der Waals surface area contributed by atoms with E-state index in [4.69, 9.17) is 11.6 Å². The number of alkyl halides is 1. The Morgan fingerprint density at radius 3 is 2.81 bits per heavy atom. The van der Waals surface area contributed by atoms with Crippen LogP contribution in [0.1, 0.15) is 18.4 Å². The van der Waals surface area contributed by atoms with E-state index in [9.17, 15) is 9.18 Å². The molecule has 86 valence electrons. The molecular weight excluding hydrogens is 294 g/mol. The molecule has 1 aromatic carbocycles. The van der Waals surface area contributed by atoms with E-state index >= 15 is 0 Å². The highest BCUT2D eigenvalue weighted by Gasteiger charge is 2.33. The molecular formula is C12H11BrClFO. The molecule has 0 aliphatic heterocycles. The molecule has 1 atom stereocenters. The molecule has 0 aromatic heterocycles. The fraction of sp³-hybridized carbons (Fsp3) is 0.417. The highest BCUT2D eigenvalue weighted by molar-refractivity contribution is 9.10. The molecule has 4 heteroatoms. The zero-order valence-electron chi connectivity index (χ0n) is 8.55. The van der Waals surface area contributed by atoms with Gasteiger partial charge in [-0.2, -0.15) is 0 Å². The van der Waals surface area contributed by atoms with Gasteiger partial charge in [0.1, 0.15) is 11.6 Å². The summed E-state index contributed by atoms with van der Waals surface area (Å²) < 4.78 is 13.2. The van der Waals surface area contributed by atoms with Gasteiger partial charge in [0.05, 0.1) is 9.85 Å². The molecule has 1 fully saturated rings. The highest BCUT2D eigenvalue weighted by Crippen LogP contribution is 2.33. The molecule has 0 heterocycles. The molecule has 0 N–H and O–H groups in total. The molecule has 0 saturated heterocycles. The van der Waals surface area contributed by atoms with Crippen molar-refractivity contribution in [3.63, 3.8) is 0 Å². The monoisotopic (exact) mass is 304 g/mol. The van der Waals surface area contributed by atoms with Crippen molar-refractivity contribution in [1.29, 1.82) is 0 Å². The summed E-state index contributed by atoms with van der Waals surface area (Å²) in [5.41, 5.74) is 0.790. The topological polar surface area (TPSA) is 17.1 Å². The number of hydrogen-bond donors (Lipinski definition) is 0. The van der Waals surface area contributed by atoms with E-state index in [1.165, 1.54) is 12.1 Å². The van der Waals surface area contributed by atoms with Crippen LogP contribution in [-0.2, 0) is 11.2 Å². The highest BCUT2D eigenvalue weighted by atomic mass is 79.9. The normalized spacial score (nSPS) is 17.2. The number of halogens is 3. The molecule has 2 rings (SSSR count). The van der Waals surface area contributed by atoms with Crippen LogP contribution in [0.25, 0.3) is 0 Å². The maximum Gasteiger partial charge on any atom is 0.149 e. The zero-order chi connectivity index (χ0) is 11.7. The fourth-order valence-corrected chi connectivity index (χ4v) is 2.46. The number of carbonyl (C=O) groups is 1. The van der Waals surface area contributed by atoms with E-state index in [0.717, 1.165) is 18.4 Å². The van der Waals surface area contributed by atoms with Gasteiger partial charge in [0.2, 0.25) is 0 Å². The summed E-state index contributed by atoms with van der Waals surface area (Å²) in [6, 6.07) is 4.66. The molecule has 16 heavy (non-hydrogen) atoms. The van der Waals surface area contributed by atoms with Crippen molar-refractivity contribution in [3.8, 4) is 0 Å². The van der Waals surface area contributed by atoms with Gasteiger partial charge in [-0.15, -0.1) is 0 Å². The molecule has 1 saturated carbocycles. The van der Waals surface area contributed by atoms with Crippen molar-refractivity contribution in [2.24, 2.45) is 5.92 Å². The largest absolute Gasteiger partial charge is 0.298 e. The Balaban J connectivity index is 2.02. The molecule has 1 aliphatic rings. The van der Waals surface area contributed by atoms with E-state index in [1.807, 2.05) is 0 Å². The van der Waals surface area contributed by atoms with Gasteiger partial charge >= 0.3 is 0 Å². The van der Waals surface area contributed by atoms with Crippen LogP contribution in [0.5, 0.6) is 0 Å². The zero-order valence-corrected chi connectivity index (χ0v) is 10.9. The number of Topliss-reactive ketones (excluding diaryl/α,β-unsaturated/α-hetero) is 1. The van der Waals surface area contributed by atoms with E-state index in [-0.39, 0.29) is 21.6 Å². The van der Waals surface area contributed by atoms with Crippen LogP contribution in [0.15, 0.2) is 18.2 Å². The van der Waals surface area contributed by atoms with Gasteiger partial charge in [-0.05, 0) is 37.0 Å². The van der Waals surface area contributed by atoms with E-state index < -0.39 is 5.82 Å². The van der Waals surface area contributed by atoms with Gasteiger partial charge in [-0.1, -0.05) is 33.6 Å². The average molecular weight is 306 g/mol. The molecule has 0 amide bonds. The first kappa shape index (κ1) is 12.1. The van der Waals surface area contributed by atoms with Crippen LogP contribution in [-0.4, -0.2) is 10.6 Å². The van der Waals surface area contributed by atoms with E-state index in [1.54, 1.807) is 6.07 Å². The lowest BCUT2D eigenvalue weighted by molar-refractivity contribution is -0.119. The lowest BCUT2D eigenvalue weighted by Gasteiger charge is -2.08. The van der Waals surface area contributed by atoms with Crippen LogP contribution in [0.3, 0.4) is 0 Å². The summed E-state index contributed by atoms with van der Waals surface area (Å²) in [4.78, 5) is 11.5. The number of ketones is 1. The second kappa shape index (κ2) is 4.84. The maximum atomic E-state index is 13.2. The van der Waals surface area contributed by atoms with Crippen molar-refractivity contribution in [1.82, 2.24) is 0 Å². The van der Waals surface area contributed by atoms with Crippen LogP contribution >= 0.6 is 27.5 Å². The Morgan fingerprint density at radius 1 is 1.56 bits per heavy atom. The first-order valence-corrected chi connectivity index (χ1v) is 6.49. The number of rotatable bonds is 4. The summed E-state index contributed by atoms with van der Waals surface area (Å²) in [5, 5.41) is 0.114. The van der Waals surface area contributed by atoms with Crippen molar-refractivity contribution in [2.75, 3.05) is 0 Å². The quantitative estimate of drug-likeness (QED) is 0.774. The summed E-state index contributed by atoms with van der Waals surface area (Å²) in [5.74, 6) is 0.0228. The lowest BCUT2D eigenvalue weighted by atomic mass is 10.1. The van der Waals surface area contributed by atoms with Crippen LogP contribution in [0.2, 0.25) is 5.02 Å². The van der Waals surface area contributed by atoms with Crippen LogP contribution < -0.4 is 0 Å². The third kappa shape index (κ3) is 2.83. The molecule has 0 spiro atoms. The second-order valence-electron chi connectivity index (χ2n) is 4.10. The number of benzene rings is 1. The molecule has 0 bridgehead atoms. The first-order chi connectivity index (χ1) is 7.58. The van der Waals surface area contributed by atoms with Crippen molar-refractivity contribution in [2.45, 2.75) is 24.1 Å². The minimum absolute atomic E-state index is 0.114. The Bertz CT molecular complexity index is 417. The van der Waals surface area contributed by atoms with Gasteiger partial charge in [0.25, 0.3) is 0 Å². The van der Waals surface area contributed by atoms with Crippen LogP contribution in [0, 0.1) is 11.7 Å².